The van der Waals surface area contributed by atoms with Crippen molar-refractivity contribution in [3.8, 4) is 0 Å². The van der Waals surface area contributed by atoms with Crippen LogP contribution in [0.25, 0.3) is 0 Å². The number of nitrogens with one attached hydrogen (secondary N) is 4. The number of amides is 4. The number of thioether (sulfide) groups is 1. The molecule has 7 atom stereocenters. The Labute approximate surface area is 455 Å². The Hall–Kier alpha value is -3.40. The van der Waals surface area contributed by atoms with E-state index in [0.717, 1.165) is 29.6 Å². The highest BCUT2D eigenvalue weighted by Gasteiger charge is 2.44. The minimum atomic E-state index is -1.43. The van der Waals surface area contributed by atoms with E-state index in [1.54, 1.807) is 0 Å². The minimum absolute atomic E-state index is 0.0177. The van der Waals surface area contributed by atoms with Crippen molar-refractivity contribution in [1.29, 1.82) is 0 Å². The molecule has 0 saturated carbocycles. The van der Waals surface area contributed by atoms with Gasteiger partial charge in [0.2, 0.25) is 11.8 Å². The minimum Gasteiger partial charge on any atom is -0.394 e. The van der Waals surface area contributed by atoms with E-state index in [0.29, 0.717) is 195 Å². The second kappa shape index (κ2) is 42.5. The topological polar surface area (TPSA) is 341 Å². The molecule has 3 fully saturated rings. The molecule has 0 radical (unpaired) electrons. The molecule has 28 heteroatoms. The fourth-order valence-electron chi connectivity index (χ4n) is 7.91. The van der Waals surface area contributed by atoms with Crippen molar-refractivity contribution in [2.45, 2.75) is 86.8 Å². The highest BCUT2D eigenvalue weighted by Crippen LogP contribution is 2.33. The lowest BCUT2D eigenvalue weighted by molar-refractivity contribution is -0.122. The van der Waals surface area contributed by atoms with Crippen molar-refractivity contribution >= 4 is 35.4 Å². The number of nitrogen functional groups attached to an aromatic ring is 1. The van der Waals surface area contributed by atoms with Gasteiger partial charge in [-0.05, 0) is 25.7 Å². The number of carbonyl (C=O) groups excluding carboxylic acids is 3. The molecule has 1 unspecified atom stereocenters. The van der Waals surface area contributed by atoms with E-state index < -0.39 is 36.8 Å². The molecule has 3 saturated heterocycles. The molecule has 3 aliphatic rings. The van der Waals surface area contributed by atoms with Crippen LogP contribution in [0.5, 0.6) is 0 Å². The maximum absolute atomic E-state index is 12.4. The Kier molecular flexibility index (Phi) is 36.5. The second-order valence-corrected chi connectivity index (χ2v) is 19.1. The zero-order valence-electron chi connectivity index (χ0n) is 44.5. The van der Waals surface area contributed by atoms with Crippen molar-refractivity contribution < 1.29 is 91.3 Å². The van der Waals surface area contributed by atoms with E-state index in [-0.39, 0.29) is 48.8 Å². The summed E-state index contributed by atoms with van der Waals surface area (Å²) >= 11 is 1.89. The van der Waals surface area contributed by atoms with Gasteiger partial charge in [0, 0.05) is 48.7 Å². The monoisotopic (exact) mass is 1130 g/mol. The van der Waals surface area contributed by atoms with Gasteiger partial charge in [-0.15, -0.1) is 0 Å². The summed E-state index contributed by atoms with van der Waals surface area (Å²) in [5, 5.41) is 41.7. The van der Waals surface area contributed by atoms with E-state index in [1.165, 1.54) is 6.20 Å². The number of anilines is 1. The third kappa shape index (κ3) is 29.1. The normalized spacial score (nSPS) is 20.9. The van der Waals surface area contributed by atoms with Crippen LogP contribution in [0, 0.1) is 0 Å². The highest BCUT2D eigenvalue weighted by molar-refractivity contribution is 8.00. The van der Waals surface area contributed by atoms with Crippen molar-refractivity contribution in [3.05, 3.63) is 22.2 Å². The number of aryl methyl sites for hydroxylation is 1. The Morgan fingerprint density at radius 3 is 1.56 bits per heavy atom. The summed E-state index contributed by atoms with van der Waals surface area (Å²) in [5.74, 6) is 0.812. The number of unbranched alkanes of at least 4 members (excludes halogenated alkanes) is 1. The number of aliphatic hydroxyl groups is 3. The molecule has 1 aromatic heterocycles. The molecule has 0 bridgehead atoms. The first kappa shape index (κ1) is 66.1. The van der Waals surface area contributed by atoms with Gasteiger partial charge in [-0.25, -0.2) is 9.59 Å². The number of aromatic nitrogens is 2. The number of hydrogen-bond acceptors (Lipinski definition) is 23. The van der Waals surface area contributed by atoms with Crippen molar-refractivity contribution in [2.24, 2.45) is 0 Å². The molecule has 27 nitrogen and oxygen atoms in total. The quantitative estimate of drug-likeness (QED) is 0.0256. The Bertz CT molecular complexity index is 1780. The van der Waals surface area contributed by atoms with Crippen LogP contribution in [0.1, 0.15) is 50.3 Å². The molecule has 3 aliphatic heterocycles. The molecule has 0 spiro atoms. The molecule has 4 rings (SSSR count). The van der Waals surface area contributed by atoms with Gasteiger partial charge in [0.05, 0.1) is 177 Å². The summed E-state index contributed by atoms with van der Waals surface area (Å²) in [5.41, 5.74) is 5.65. The van der Waals surface area contributed by atoms with Gasteiger partial charge in [0.25, 0.3) is 0 Å². The zero-order valence-corrected chi connectivity index (χ0v) is 45.3. The van der Waals surface area contributed by atoms with E-state index >= 15 is 0 Å². The average Bonchev–Trinajstić information content (AvgIpc) is 4.09. The first-order valence-corrected chi connectivity index (χ1v) is 27.9. The summed E-state index contributed by atoms with van der Waals surface area (Å²) in [6, 6.07) is 0.375. The lowest BCUT2D eigenvalue weighted by Crippen LogP contribution is -2.36. The number of urea groups is 1. The molecule has 77 heavy (non-hydrogen) atoms. The second-order valence-electron chi connectivity index (χ2n) is 17.8. The van der Waals surface area contributed by atoms with Gasteiger partial charge in [0.15, 0.2) is 6.23 Å². The molecule has 9 N–H and O–H groups in total. The van der Waals surface area contributed by atoms with Crippen LogP contribution in [0.2, 0.25) is 0 Å². The highest BCUT2D eigenvalue weighted by atomic mass is 32.2. The fourth-order valence-corrected chi connectivity index (χ4v) is 9.46. The van der Waals surface area contributed by atoms with Crippen molar-refractivity contribution in [1.82, 2.24) is 30.8 Å². The van der Waals surface area contributed by atoms with Gasteiger partial charge >= 0.3 is 11.7 Å². The summed E-state index contributed by atoms with van der Waals surface area (Å²) in [7, 11) is 0. The molecule has 0 aromatic carbocycles. The zero-order chi connectivity index (χ0) is 55.0. The number of nitrogens with zero attached hydrogens (tertiary/aromatic N) is 2. The standard InChI is InChI=1S/C49H87N7O20S/c50-46-37(34-56(49(63)55-46)47-45(61)44(60)39(35-57)76-47)4-3-8-51-42(59)7-10-64-12-14-66-16-18-68-20-22-70-24-26-72-28-30-74-32-33-75-31-29-73-27-25-71-23-21-69-19-17-67-15-13-65-11-9-52-41(58)6-2-1-5-40-43-38(36-77-40)53-48(62)54-43/h34,38-40,43-45,47,57,60-61H,1-33,35-36H2,(H,51,59)(H,52,58)(H2,50,55,63)(H2,53,54,62)/t38-,39+,40-,43-,44?,45-,47+/m0/s1. The maximum Gasteiger partial charge on any atom is 0.351 e. The van der Waals surface area contributed by atoms with Gasteiger partial charge in [-0.3, -0.25) is 14.2 Å². The summed E-state index contributed by atoms with van der Waals surface area (Å²) < 4.78 is 72.5. The predicted octanol–water partition coefficient (Wildman–Crippen LogP) is -2.08. The number of rotatable bonds is 50. The number of hydrogen-bond donors (Lipinski definition) is 8. The average molecular weight is 1130 g/mol. The van der Waals surface area contributed by atoms with Crippen LogP contribution in [-0.4, -0.2) is 262 Å². The number of aliphatic hydroxyl groups excluding tert-OH is 3. The van der Waals surface area contributed by atoms with Crippen LogP contribution >= 0.6 is 11.8 Å². The summed E-state index contributed by atoms with van der Waals surface area (Å²) in [6.07, 6.45) is 0.678. The Balaban J connectivity index is 0.755. The van der Waals surface area contributed by atoms with Gasteiger partial charge in [0.1, 0.15) is 24.1 Å². The summed E-state index contributed by atoms with van der Waals surface area (Å²) in [6.45, 7) is 10.6. The third-order valence-electron chi connectivity index (χ3n) is 12.0. The van der Waals surface area contributed by atoms with Crippen LogP contribution < -0.4 is 32.7 Å². The van der Waals surface area contributed by atoms with Gasteiger partial charge in [-0.2, -0.15) is 16.7 Å². The van der Waals surface area contributed by atoms with Gasteiger partial charge < -0.3 is 104 Å². The van der Waals surface area contributed by atoms with Gasteiger partial charge in [-0.1, -0.05) is 6.42 Å². The predicted molar refractivity (Wildman–Crippen MR) is 279 cm³/mol. The molecular weight excluding hydrogens is 1040 g/mol. The summed E-state index contributed by atoms with van der Waals surface area (Å²) in [4.78, 5) is 51.9. The van der Waals surface area contributed by atoms with E-state index in [4.69, 9.17) is 67.3 Å². The number of nitrogens with two attached hydrogens (primary N) is 1. The smallest absolute Gasteiger partial charge is 0.351 e. The number of fused-ring (bicyclic) bond motifs is 1. The van der Waals surface area contributed by atoms with Crippen LogP contribution in [-0.2, 0) is 77.6 Å². The molecule has 1 aromatic rings. The SMILES string of the molecule is Nc1nc(=O)n([C@@H]2O[C@H](CO)C(O)[C@@H]2O)cc1CCCNC(=O)CCOCCOCCOCCOCCOCCOCCOCCOCCOCCOCCOCCOCCNC(=O)CCCC[C@@H]1SC[C@@H]2NC(=O)N[C@@H]21. The van der Waals surface area contributed by atoms with Crippen LogP contribution in [0.15, 0.2) is 11.0 Å². The van der Waals surface area contributed by atoms with Crippen molar-refractivity contribution in [2.75, 3.05) is 190 Å². The lowest BCUT2D eigenvalue weighted by Gasteiger charge is -2.18. The molecule has 4 heterocycles. The van der Waals surface area contributed by atoms with Crippen LogP contribution in [0.3, 0.4) is 0 Å². The number of carbonyl (C=O) groups is 3. The Morgan fingerprint density at radius 1 is 0.623 bits per heavy atom. The first-order chi connectivity index (χ1) is 37.7. The van der Waals surface area contributed by atoms with E-state index in [1.807, 2.05) is 11.8 Å². The van der Waals surface area contributed by atoms with E-state index in [2.05, 4.69) is 26.3 Å². The van der Waals surface area contributed by atoms with Crippen molar-refractivity contribution in [3.63, 3.8) is 0 Å². The molecule has 0 aliphatic carbocycles. The molecule has 4 amide bonds. The fraction of sp³-hybridized carbons (Fsp3) is 0.857. The largest absolute Gasteiger partial charge is 0.394 e. The van der Waals surface area contributed by atoms with E-state index in [9.17, 15) is 34.5 Å². The Morgan fingerprint density at radius 2 is 1.08 bits per heavy atom. The molecule has 444 valence electrons. The lowest BCUT2D eigenvalue weighted by atomic mass is 10.0. The number of ether oxygens (including phenoxy) is 13. The van der Waals surface area contributed by atoms with Crippen LogP contribution in [0.4, 0.5) is 10.6 Å². The maximum atomic E-state index is 12.4. The third-order valence-corrected chi connectivity index (χ3v) is 13.5. The first-order valence-electron chi connectivity index (χ1n) is 26.8. The molecular formula is C49H87N7O20S.